The van der Waals surface area contributed by atoms with Crippen LogP contribution in [0.15, 0.2) is 0 Å². The van der Waals surface area contributed by atoms with Crippen molar-refractivity contribution in [3.05, 3.63) is 0 Å². The van der Waals surface area contributed by atoms with Gasteiger partial charge in [0.15, 0.2) is 0 Å². The summed E-state index contributed by atoms with van der Waals surface area (Å²) in [5, 5.41) is 6.48. The number of rotatable bonds is 2. The maximum absolute atomic E-state index is 12.3. The Morgan fingerprint density at radius 3 is 2.82 bits per heavy atom. The SMILES string of the molecule is CC1(N)CCCCC1C(=O)NC1CCCNC1. The van der Waals surface area contributed by atoms with Gasteiger partial charge in [-0.2, -0.15) is 0 Å². The number of carbonyl (C=O) groups is 1. The maximum Gasteiger partial charge on any atom is 0.225 e. The van der Waals surface area contributed by atoms with Crippen molar-refractivity contribution >= 4 is 5.91 Å². The van der Waals surface area contributed by atoms with Crippen molar-refractivity contribution in [3.8, 4) is 0 Å². The van der Waals surface area contributed by atoms with Gasteiger partial charge in [0.2, 0.25) is 5.91 Å². The molecule has 17 heavy (non-hydrogen) atoms. The molecule has 0 aromatic heterocycles. The first kappa shape index (κ1) is 12.8. The summed E-state index contributed by atoms with van der Waals surface area (Å²) in [6.07, 6.45) is 6.44. The molecule has 2 rings (SSSR count). The zero-order valence-corrected chi connectivity index (χ0v) is 10.8. The number of amides is 1. The van der Waals surface area contributed by atoms with Crippen molar-refractivity contribution < 1.29 is 4.79 Å². The first-order valence-corrected chi connectivity index (χ1v) is 6.89. The van der Waals surface area contributed by atoms with E-state index >= 15 is 0 Å². The third-order valence-corrected chi connectivity index (χ3v) is 4.21. The Morgan fingerprint density at radius 2 is 2.18 bits per heavy atom. The third kappa shape index (κ3) is 3.19. The molecule has 0 spiro atoms. The van der Waals surface area contributed by atoms with Crippen LogP contribution >= 0.6 is 0 Å². The molecule has 1 saturated carbocycles. The van der Waals surface area contributed by atoms with Gasteiger partial charge in [-0.3, -0.25) is 4.79 Å². The van der Waals surface area contributed by atoms with Crippen LogP contribution in [0.4, 0.5) is 0 Å². The van der Waals surface area contributed by atoms with Crippen molar-refractivity contribution in [1.29, 1.82) is 0 Å². The van der Waals surface area contributed by atoms with Crippen LogP contribution in [0.25, 0.3) is 0 Å². The van der Waals surface area contributed by atoms with E-state index in [1.165, 1.54) is 0 Å². The molecule has 0 radical (unpaired) electrons. The van der Waals surface area contributed by atoms with E-state index in [2.05, 4.69) is 10.6 Å². The summed E-state index contributed by atoms with van der Waals surface area (Å²) in [5.41, 5.74) is 5.94. The summed E-state index contributed by atoms with van der Waals surface area (Å²) in [6, 6.07) is 0.300. The second-order valence-electron chi connectivity index (χ2n) is 5.86. The molecule has 1 heterocycles. The summed E-state index contributed by atoms with van der Waals surface area (Å²) in [5.74, 6) is 0.168. The van der Waals surface area contributed by atoms with Gasteiger partial charge in [-0.25, -0.2) is 0 Å². The van der Waals surface area contributed by atoms with Gasteiger partial charge in [0.25, 0.3) is 0 Å². The number of piperidine rings is 1. The fourth-order valence-corrected chi connectivity index (χ4v) is 3.07. The van der Waals surface area contributed by atoms with Crippen molar-refractivity contribution in [2.24, 2.45) is 11.7 Å². The van der Waals surface area contributed by atoms with Crippen molar-refractivity contribution in [3.63, 3.8) is 0 Å². The molecule has 0 aromatic carbocycles. The minimum atomic E-state index is -0.315. The van der Waals surface area contributed by atoms with E-state index in [0.717, 1.165) is 51.6 Å². The lowest BCUT2D eigenvalue weighted by Crippen LogP contribution is -2.56. The number of nitrogens with two attached hydrogens (primary N) is 1. The van der Waals surface area contributed by atoms with E-state index in [4.69, 9.17) is 5.73 Å². The van der Waals surface area contributed by atoms with Crippen molar-refractivity contribution in [2.75, 3.05) is 13.1 Å². The molecule has 0 aromatic rings. The molecule has 1 aliphatic carbocycles. The summed E-state index contributed by atoms with van der Waals surface area (Å²) < 4.78 is 0. The average Bonchev–Trinajstić information content (AvgIpc) is 2.29. The molecule has 4 N–H and O–H groups in total. The minimum absolute atomic E-state index is 0.00169. The highest BCUT2D eigenvalue weighted by Crippen LogP contribution is 2.31. The molecule has 3 unspecified atom stereocenters. The number of hydrogen-bond donors (Lipinski definition) is 3. The molecular weight excluding hydrogens is 214 g/mol. The molecule has 2 fully saturated rings. The highest BCUT2D eigenvalue weighted by Gasteiger charge is 2.38. The Kier molecular flexibility index (Phi) is 4.05. The van der Waals surface area contributed by atoms with Crippen LogP contribution in [0.1, 0.15) is 45.4 Å². The molecule has 3 atom stereocenters. The average molecular weight is 239 g/mol. The Labute approximate surface area is 104 Å². The van der Waals surface area contributed by atoms with E-state index in [1.54, 1.807) is 0 Å². The largest absolute Gasteiger partial charge is 0.352 e. The van der Waals surface area contributed by atoms with Crippen LogP contribution in [-0.4, -0.2) is 30.6 Å². The number of nitrogens with one attached hydrogen (secondary N) is 2. The molecule has 4 nitrogen and oxygen atoms in total. The summed E-state index contributed by atoms with van der Waals surface area (Å²) in [4.78, 5) is 12.3. The fourth-order valence-electron chi connectivity index (χ4n) is 3.07. The van der Waals surface area contributed by atoms with Gasteiger partial charge in [0.1, 0.15) is 0 Å². The molecule has 0 bridgehead atoms. The molecule has 1 amide bonds. The van der Waals surface area contributed by atoms with E-state index in [0.29, 0.717) is 6.04 Å². The molecule has 2 aliphatic rings. The number of hydrogen-bond acceptors (Lipinski definition) is 3. The van der Waals surface area contributed by atoms with E-state index in [1.807, 2.05) is 6.92 Å². The van der Waals surface area contributed by atoms with Gasteiger partial charge in [-0.15, -0.1) is 0 Å². The molecule has 1 aliphatic heterocycles. The Hall–Kier alpha value is -0.610. The van der Waals surface area contributed by atoms with Gasteiger partial charge in [-0.05, 0) is 39.2 Å². The predicted molar refractivity (Wildman–Crippen MR) is 68.6 cm³/mol. The van der Waals surface area contributed by atoms with Crippen molar-refractivity contribution in [1.82, 2.24) is 10.6 Å². The van der Waals surface area contributed by atoms with Crippen LogP contribution in [0, 0.1) is 5.92 Å². The third-order valence-electron chi connectivity index (χ3n) is 4.21. The van der Waals surface area contributed by atoms with Crippen LogP contribution in [0.2, 0.25) is 0 Å². The fraction of sp³-hybridized carbons (Fsp3) is 0.923. The number of carbonyl (C=O) groups excluding carboxylic acids is 1. The van der Waals surface area contributed by atoms with Gasteiger partial charge in [0.05, 0.1) is 5.92 Å². The monoisotopic (exact) mass is 239 g/mol. The molecular formula is C13H25N3O. The van der Waals surface area contributed by atoms with E-state index in [9.17, 15) is 4.79 Å². The van der Waals surface area contributed by atoms with Crippen LogP contribution in [0.3, 0.4) is 0 Å². The highest BCUT2D eigenvalue weighted by atomic mass is 16.2. The summed E-state index contributed by atoms with van der Waals surface area (Å²) >= 11 is 0. The minimum Gasteiger partial charge on any atom is -0.352 e. The first-order chi connectivity index (χ1) is 8.09. The lowest BCUT2D eigenvalue weighted by molar-refractivity contribution is -0.129. The molecule has 4 heteroatoms. The topological polar surface area (TPSA) is 67.2 Å². The van der Waals surface area contributed by atoms with Crippen LogP contribution < -0.4 is 16.4 Å². The predicted octanol–water partition coefficient (Wildman–Crippen LogP) is 0.762. The van der Waals surface area contributed by atoms with Gasteiger partial charge in [-0.1, -0.05) is 12.8 Å². The van der Waals surface area contributed by atoms with Gasteiger partial charge >= 0.3 is 0 Å². The lowest BCUT2D eigenvalue weighted by atomic mass is 9.74. The second kappa shape index (κ2) is 5.36. The smallest absolute Gasteiger partial charge is 0.225 e. The Morgan fingerprint density at radius 1 is 1.35 bits per heavy atom. The Bertz CT molecular complexity index is 272. The van der Waals surface area contributed by atoms with Crippen molar-refractivity contribution in [2.45, 2.75) is 57.0 Å². The molecule has 1 saturated heterocycles. The van der Waals surface area contributed by atoms with E-state index < -0.39 is 0 Å². The van der Waals surface area contributed by atoms with E-state index in [-0.39, 0.29) is 17.4 Å². The molecule has 98 valence electrons. The standard InChI is InChI=1S/C13H25N3O/c1-13(14)7-3-2-6-11(13)12(17)16-10-5-4-8-15-9-10/h10-11,15H,2-9,14H2,1H3,(H,16,17). The highest BCUT2D eigenvalue weighted by molar-refractivity contribution is 5.80. The van der Waals surface area contributed by atoms with Gasteiger partial charge < -0.3 is 16.4 Å². The first-order valence-electron chi connectivity index (χ1n) is 6.89. The Balaban J connectivity index is 1.89. The van der Waals surface area contributed by atoms with Crippen LogP contribution in [0.5, 0.6) is 0 Å². The van der Waals surface area contributed by atoms with Gasteiger partial charge in [0, 0.05) is 18.1 Å². The summed E-state index contributed by atoms with van der Waals surface area (Å²) in [7, 11) is 0. The summed E-state index contributed by atoms with van der Waals surface area (Å²) in [6.45, 7) is 4.00. The zero-order chi connectivity index (χ0) is 12.3. The quantitative estimate of drug-likeness (QED) is 0.666. The lowest BCUT2D eigenvalue weighted by Gasteiger charge is -2.38. The zero-order valence-electron chi connectivity index (χ0n) is 10.8. The maximum atomic E-state index is 12.3. The van der Waals surface area contributed by atoms with Crippen LogP contribution in [-0.2, 0) is 4.79 Å². The normalized spacial score (nSPS) is 38.7. The second-order valence-corrected chi connectivity index (χ2v) is 5.86.